The van der Waals surface area contributed by atoms with E-state index in [1.165, 1.54) is 0 Å². The second kappa shape index (κ2) is 3.95. The molecule has 0 amide bonds. The average molecular weight is 200 g/mol. The zero-order valence-electron chi connectivity index (χ0n) is 7.82. The molecule has 0 bridgehead atoms. The fourth-order valence-electron chi connectivity index (χ4n) is 1.32. The molecule has 0 unspecified atom stereocenters. The van der Waals surface area contributed by atoms with Crippen LogP contribution in [0.2, 0.25) is 0 Å². The Morgan fingerprint density at radius 2 is 2.33 bits per heavy atom. The van der Waals surface area contributed by atoms with Gasteiger partial charge in [0.15, 0.2) is 0 Å². The molecule has 0 aliphatic heterocycles. The van der Waals surface area contributed by atoms with Crippen LogP contribution in [0.4, 0.5) is 0 Å². The van der Waals surface area contributed by atoms with Crippen molar-refractivity contribution in [1.29, 1.82) is 0 Å². The number of hydrogen-bond donors (Lipinski definition) is 2. The number of aromatic amines is 1. The van der Waals surface area contributed by atoms with Crippen molar-refractivity contribution in [2.75, 3.05) is 6.61 Å². The van der Waals surface area contributed by atoms with Crippen molar-refractivity contribution in [2.45, 2.75) is 0 Å². The maximum absolute atomic E-state index is 11.3. The molecule has 2 aromatic rings. The van der Waals surface area contributed by atoms with Crippen molar-refractivity contribution in [2.24, 2.45) is 0 Å². The van der Waals surface area contributed by atoms with Crippen LogP contribution in [0.15, 0.2) is 29.2 Å². The summed E-state index contributed by atoms with van der Waals surface area (Å²) in [5.41, 5.74) is 0.540. The van der Waals surface area contributed by atoms with Gasteiger partial charge in [0.05, 0.1) is 11.6 Å². The summed E-state index contributed by atoms with van der Waals surface area (Å²) < 4.78 is 0. The molecule has 2 rings (SSSR count). The largest absolute Gasteiger partial charge is 0.384 e. The lowest BCUT2D eigenvalue weighted by atomic mass is 10.1. The molecule has 4 heteroatoms. The molecule has 2 N–H and O–H groups in total. The maximum atomic E-state index is 11.3. The number of hydrogen-bond acceptors (Lipinski definition) is 3. The molecule has 0 saturated carbocycles. The highest BCUT2D eigenvalue weighted by Crippen LogP contribution is 2.09. The molecule has 0 radical (unpaired) electrons. The Bertz CT molecular complexity index is 605. The molecule has 1 aromatic carbocycles. The number of H-pyrrole nitrogens is 1. The fraction of sp³-hybridized carbons (Fsp3) is 0.0909. The Labute approximate surface area is 85.6 Å². The lowest BCUT2D eigenvalue weighted by Crippen LogP contribution is -2.07. The first-order valence-electron chi connectivity index (χ1n) is 4.38. The highest BCUT2D eigenvalue weighted by molar-refractivity contribution is 5.81. The van der Waals surface area contributed by atoms with E-state index in [-0.39, 0.29) is 12.2 Å². The molecule has 0 spiro atoms. The number of aromatic nitrogens is 2. The van der Waals surface area contributed by atoms with Gasteiger partial charge in [0.25, 0.3) is 5.56 Å². The van der Waals surface area contributed by atoms with Crippen molar-refractivity contribution in [3.05, 3.63) is 40.3 Å². The second-order valence-electron chi connectivity index (χ2n) is 2.96. The minimum absolute atomic E-state index is 0.175. The third kappa shape index (κ3) is 1.87. The molecule has 1 aromatic heterocycles. The molecule has 15 heavy (non-hydrogen) atoms. The molecular weight excluding hydrogens is 192 g/mol. The molecule has 0 aliphatic rings. The van der Waals surface area contributed by atoms with Crippen molar-refractivity contribution < 1.29 is 5.11 Å². The van der Waals surface area contributed by atoms with Gasteiger partial charge in [0.1, 0.15) is 6.61 Å². The number of nitrogens with one attached hydrogen (secondary N) is 1. The fourth-order valence-corrected chi connectivity index (χ4v) is 1.32. The summed E-state index contributed by atoms with van der Waals surface area (Å²) >= 11 is 0. The maximum Gasteiger partial charge on any atom is 0.272 e. The topological polar surface area (TPSA) is 66.0 Å². The van der Waals surface area contributed by atoms with Gasteiger partial charge in [-0.25, -0.2) is 5.10 Å². The van der Waals surface area contributed by atoms with Crippen LogP contribution in [0.3, 0.4) is 0 Å². The van der Waals surface area contributed by atoms with E-state index in [9.17, 15) is 4.79 Å². The third-order valence-corrected chi connectivity index (χ3v) is 1.98. The summed E-state index contributed by atoms with van der Waals surface area (Å²) in [5, 5.41) is 15.9. The summed E-state index contributed by atoms with van der Waals surface area (Å²) in [7, 11) is 0. The van der Waals surface area contributed by atoms with Gasteiger partial charge in [0.2, 0.25) is 0 Å². The minimum atomic E-state index is -0.214. The Morgan fingerprint density at radius 1 is 1.47 bits per heavy atom. The summed E-state index contributed by atoms with van der Waals surface area (Å²) in [6.45, 7) is -0.175. The number of fused-ring (bicyclic) bond motifs is 1. The predicted molar refractivity (Wildman–Crippen MR) is 56.3 cm³/mol. The van der Waals surface area contributed by atoms with E-state index >= 15 is 0 Å². The SMILES string of the molecule is O=c1[nH]ncc2cc(C#CCO)ccc12. The van der Waals surface area contributed by atoms with Crippen LogP contribution in [-0.2, 0) is 0 Å². The van der Waals surface area contributed by atoms with E-state index in [0.717, 1.165) is 10.9 Å². The van der Waals surface area contributed by atoms with E-state index in [2.05, 4.69) is 22.0 Å². The van der Waals surface area contributed by atoms with E-state index in [1.807, 2.05) is 0 Å². The summed E-state index contributed by atoms with van der Waals surface area (Å²) in [5.74, 6) is 5.31. The minimum Gasteiger partial charge on any atom is -0.384 e. The smallest absolute Gasteiger partial charge is 0.272 e. The Kier molecular flexibility index (Phi) is 2.48. The molecule has 0 saturated heterocycles. The lowest BCUT2D eigenvalue weighted by molar-refractivity contribution is 0.350. The Morgan fingerprint density at radius 3 is 3.13 bits per heavy atom. The van der Waals surface area contributed by atoms with Gasteiger partial charge in [-0.05, 0) is 18.2 Å². The zero-order valence-corrected chi connectivity index (χ0v) is 7.82. The van der Waals surface area contributed by atoms with Gasteiger partial charge < -0.3 is 5.11 Å². The first-order chi connectivity index (χ1) is 7.31. The number of benzene rings is 1. The molecule has 4 nitrogen and oxygen atoms in total. The zero-order chi connectivity index (χ0) is 10.7. The van der Waals surface area contributed by atoms with Gasteiger partial charge in [-0.2, -0.15) is 5.10 Å². The monoisotopic (exact) mass is 200 g/mol. The quantitative estimate of drug-likeness (QED) is 0.600. The van der Waals surface area contributed by atoms with Crippen molar-refractivity contribution in [1.82, 2.24) is 10.2 Å². The standard InChI is InChI=1S/C11H8N2O2/c14-5-1-2-8-3-4-10-9(6-8)7-12-13-11(10)15/h3-4,6-7,14H,5H2,(H,13,15). The van der Waals surface area contributed by atoms with Gasteiger partial charge in [-0.3, -0.25) is 4.79 Å². The summed E-state index contributed by atoms with van der Waals surface area (Å²) in [6.07, 6.45) is 1.57. The number of aliphatic hydroxyl groups excluding tert-OH is 1. The molecule has 0 aliphatic carbocycles. The summed E-state index contributed by atoms with van der Waals surface area (Å²) in [6, 6.07) is 5.19. The first kappa shape index (κ1) is 9.44. The highest BCUT2D eigenvalue weighted by atomic mass is 16.2. The van der Waals surface area contributed by atoms with Gasteiger partial charge in [-0.15, -0.1) is 0 Å². The molecule has 0 fully saturated rings. The Hall–Kier alpha value is -2.12. The second-order valence-corrected chi connectivity index (χ2v) is 2.96. The van der Waals surface area contributed by atoms with Crippen LogP contribution in [0.25, 0.3) is 10.8 Å². The van der Waals surface area contributed by atoms with E-state index in [4.69, 9.17) is 5.11 Å². The Balaban J connectivity index is 2.62. The summed E-state index contributed by atoms with van der Waals surface area (Å²) in [4.78, 5) is 11.3. The van der Waals surface area contributed by atoms with Crippen molar-refractivity contribution in [3.63, 3.8) is 0 Å². The third-order valence-electron chi connectivity index (χ3n) is 1.98. The van der Waals surface area contributed by atoms with Crippen LogP contribution < -0.4 is 5.56 Å². The van der Waals surface area contributed by atoms with Crippen LogP contribution >= 0.6 is 0 Å². The van der Waals surface area contributed by atoms with E-state index in [0.29, 0.717) is 5.39 Å². The first-order valence-corrected chi connectivity index (χ1v) is 4.38. The van der Waals surface area contributed by atoms with Gasteiger partial charge in [0, 0.05) is 10.9 Å². The average Bonchev–Trinajstić information content (AvgIpc) is 2.26. The predicted octanol–water partition coefficient (Wildman–Crippen LogP) is 0.267. The van der Waals surface area contributed by atoms with Crippen molar-refractivity contribution >= 4 is 10.8 Å². The van der Waals surface area contributed by atoms with Crippen LogP contribution in [0.5, 0.6) is 0 Å². The van der Waals surface area contributed by atoms with E-state index in [1.54, 1.807) is 24.4 Å². The number of aliphatic hydroxyl groups is 1. The highest BCUT2D eigenvalue weighted by Gasteiger charge is 1.98. The molecule has 1 heterocycles. The molecule has 74 valence electrons. The van der Waals surface area contributed by atoms with E-state index < -0.39 is 0 Å². The van der Waals surface area contributed by atoms with Crippen molar-refractivity contribution in [3.8, 4) is 11.8 Å². The molecular formula is C11H8N2O2. The molecule has 0 atom stereocenters. The van der Waals surface area contributed by atoms with Crippen LogP contribution in [0, 0.1) is 11.8 Å². The normalized spacial score (nSPS) is 9.67. The van der Waals surface area contributed by atoms with Crippen LogP contribution in [-0.4, -0.2) is 21.9 Å². The van der Waals surface area contributed by atoms with Gasteiger partial charge >= 0.3 is 0 Å². The van der Waals surface area contributed by atoms with Crippen LogP contribution in [0.1, 0.15) is 5.56 Å². The van der Waals surface area contributed by atoms with Gasteiger partial charge in [-0.1, -0.05) is 11.8 Å². The lowest BCUT2D eigenvalue weighted by Gasteiger charge is -1.95. The number of rotatable bonds is 0. The number of nitrogens with zero attached hydrogens (tertiary/aromatic N) is 1.